The average Bonchev–Trinajstić information content (AvgIpc) is 3.28. The summed E-state index contributed by atoms with van der Waals surface area (Å²) in [4.78, 5) is 28.0. The Morgan fingerprint density at radius 1 is 1.09 bits per heavy atom. The summed E-state index contributed by atoms with van der Waals surface area (Å²) >= 11 is 18.5. The Morgan fingerprint density at radius 3 is 2.45 bits per heavy atom. The molecule has 0 heterocycles. The standard InChI is InChI=1S/C25H29Cl3N2O3/c1-3-23(25(32)29-19-6-4-5-7-19)30(14-17-8-9-18(26)13-22(17)28)24(31)15-33-20-10-11-21(27)16(2)12-20/h8-13,19,23H,3-7,14-15H2,1-2H3,(H,29,32)/t23-/m1/s1. The molecule has 0 aromatic heterocycles. The van der Waals surface area contributed by atoms with Gasteiger partial charge in [-0.15, -0.1) is 0 Å². The molecule has 2 aromatic carbocycles. The maximum atomic E-state index is 13.3. The molecule has 3 rings (SSSR count). The van der Waals surface area contributed by atoms with Crippen molar-refractivity contribution in [1.82, 2.24) is 10.2 Å². The predicted octanol–water partition coefficient (Wildman–Crippen LogP) is 6.20. The molecule has 1 N–H and O–H groups in total. The van der Waals surface area contributed by atoms with Gasteiger partial charge in [-0.1, -0.05) is 60.6 Å². The molecule has 1 fully saturated rings. The van der Waals surface area contributed by atoms with Crippen molar-refractivity contribution in [3.8, 4) is 5.75 Å². The number of benzene rings is 2. The summed E-state index contributed by atoms with van der Waals surface area (Å²) in [6.07, 6.45) is 4.63. The molecule has 0 unspecified atom stereocenters. The van der Waals surface area contributed by atoms with Crippen LogP contribution in [0.25, 0.3) is 0 Å². The zero-order chi connectivity index (χ0) is 24.0. The summed E-state index contributed by atoms with van der Waals surface area (Å²) < 4.78 is 5.74. The van der Waals surface area contributed by atoms with E-state index in [9.17, 15) is 9.59 Å². The van der Waals surface area contributed by atoms with Gasteiger partial charge in [-0.3, -0.25) is 9.59 Å². The third-order valence-electron chi connectivity index (χ3n) is 5.93. The van der Waals surface area contributed by atoms with E-state index < -0.39 is 6.04 Å². The predicted molar refractivity (Wildman–Crippen MR) is 133 cm³/mol. The van der Waals surface area contributed by atoms with Crippen molar-refractivity contribution < 1.29 is 14.3 Å². The zero-order valence-electron chi connectivity index (χ0n) is 18.9. The summed E-state index contributed by atoms with van der Waals surface area (Å²) in [5, 5.41) is 4.70. The largest absolute Gasteiger partial charge is 0.484 e. The summed E-state index contributed by atoms with van der Waals surface area (Å²) in [6, 6.07) is 9.87. The Kier molecular flexibility index (Phi) is 9.30. The van der Waals surface area contributed by atoms with Crippen LogP contribution in [0, 0.1) is 6.92 Å². The van der Waals surface area contributed by atoms with E-state index in [0.717, 1.165) is 31.2 Å². The molecule has 2 aromatic rings. The third kappa shape index (κ3) is 7.02. The molecular weight excluding hydrogens is 483 g/mol. The molecule has 178 valence electrons. The minimum absolute atomic E-state index is 0.148. The van der Waals surface area contributed by atoms with E-state index in [1.807, 2.05) is 13.8 Å². The molecule has 0 radical (unpaired) electrons. The fourth-order valence-electron chi connectivity index (χ4n) is 4.06. The first-order chi connectivity index (χ1) is 15.8. The molecule has 8 heteroatoms. The Morgan fingerprint density at radius 2 is 1.82 bits per heavy atom. The minimum Gasteiger partial charge on any atom is -0.484 e. The highest BCUT2D eigenvalue weighted by molar-refractivity contribution is 6.35. The Hall–Kier alpha value is -1.95. The molecule has 0 saturated heterocycles. The number of halogens is 3. The highest BCUT2D eigenvalue weighted by Gasteiger charge is 2.31. The fraction of sp³-hybridized carbons (Fsp3) is 0.440. The van der Waals surface area contributed by atoms with E-state index in [4.69, 9.17) is 39.5 Å². The lowest BCUT2D eigenvalue weighted by Crippen LogP contribution is -2.52. The van der Waals surface area contributed by atoms with Crippen LogP contribution in [-0.2, 0) is 16.1 Å². The molecule has 0 aliphatic heterocycles. The number of carbonyl (C=O) groups excluding carboxylic acids is 2. The van der Waals surface area contributed by atoms with Crippen LogP contribution in [-0.4, -0.2) is 35.4 Å². The van der Waals surface area contributed by atoms with Gasteiger partial charge in [-0.25, -0.2) is 0 Å². The number of hydrogen-bond donors (Lipinski definition) is 1. The van der Waals surface area contributed by atoms with E-state index in [2.05, 4.69) is 5.32 Å². The smallest absolute Gasteiger partial charge is 0.261 e. The van der Waals surface area contributed by atoms with E-state index in [1.54, 1.807) is 41.3 Å². The molecule has 33 heavy (non-hydrogen) atoms. The van der Waals surface area contributed by atoms with Crippen molar-refractivity contribution >= 4 is 46.6 Å². The highest BCUT2D eigenvalue weighted by atomic mass is 35.5. The zero-order valence-corrected chi connectivity index (χ0v) is 21.1. The van der Waals surface area contributed by atoms with Crippen molar-refractivity contribution in [2.45, 2.75) is 64.6 Å². The Labute approximate surface area is 210 Å². The number of ether oxygens (including phenoxy) is 1. The van der Waals surface area contributed by atoms with Gasteiger partial charge in [0.2, 0.25) is 5.91 Å². The second-order valence-electron chi connectivity index (χ2n) is 8.37. The molecule has 0 spiro atoms. The maximum absolute atomic E-state index is 13.3. The molecule has 1 atom stereocenters. The van der Waals surface area contributed by atoms with Gasteiger partial charge in [-0.2, -0.15) is 0 Å². The number of nitrogens with one attached hydrogen (secondary N) is 1. The van der Waals surface area contributed by atoms with E-state index in [-0.39, 0.29) is 31.0 Å². The van der Waals surface area contributed by atoms with Gasteiger partial charge in [0, 0.05) is 27.7 Å². The second-order valence-corrected chi connectivity index (χ2v) is 9.62. The van der Waals surface area contributed by atoms with Crippen LogP contribution < -0.4 is 10.1 Å². The number of rotatable bonds is 9. The number of nitrogens with zero attached hydrogens (tertiary/aromatic N) is 1. The summed E-state index contributed by atoms with van der Waals surface area (Å²) in [5.74, 6) is 0.0883. The lowest BCUT2D eigenvalue weighted by atomic mass is 10.1. The van der Waals surface area contributed by atoms with Crippen molar-refractivity contribution in [2.24, 2.45) is 0 Å². The van der Waals surface area contributed by atoms with E-state index in [1.165, 1.54) is 0 Å². The first-order valence-corrected chi connectivity index (χ1v) is 12.3. The van der Waals surface area contributed by atoms with Crippen molar-refractivity contribution in [3.05, 3.63) is 62.6 Å². The topological polar surface area (TPSA) is 58.6 Å². The summed E-state index contributed by atoms with van der Waals surface area (Å²) in [5.41, 5.74) is 1.57. The normalized spacial score (nSPS) is 14.7. The van der Waals surface area contributed by atoms with Crippen molar-refractivity contribution in [3.63, 3.8) is 0 Å². The van der Waals surface area contributed by atoms with Crippen LogP contribution in [0.15, 0.2) is 36.4 Å². The first-order valence-electron chi connectivity index (χ1n) is 11.2. The van der Waals surface area contributed by atoms with Gasteiger partial charge >= 0.3 is 0 Å². The molecule has 2 amide bonds. The molecule has 0 bridgehead atoms. The van der Waals surface area contributed by atoms with Crippen LogP contribution in [0.4, 0.5) is 0 Å². The molecule has 1 aliphatic carbocycles. The fourth-order valence-corrected chi connectivity index (χ4v) is 4.64. The van der Waals surface area contributed by atoms with Crippen LogP contribution >= 0.6 is 34.8 Å². The van der Waals surface area contributed by atoms with Gasteiger partial charge in [0.25, 0.3) is 5.91 Å². The van der Waals surface area contributed by atoms with Gasteiger partial charge in [0.05, 0.1) is 0 Å². The number of amides is 2. The molecule has 1 aliphatic rings. The van der Waals surface area contributed by atoms with Crippen molar-refractivity contribution in [1.29, 1.82) is 0 Å². The lowest BCUT2D eigenvalue weighted by Gasteiger charge is -2.31. The van der Waals surface area contributed by atoms with Gasteiger partial charge in [-0.05, 0) is 67.6 Å². The third-order valence-corrected chi connectivity index (χ3v) is 6.95. The minimum atomic E-state index is -0.639. The summed E-state index contributed by atoms with van der Waals surface area (Å²) in [6.45, 7) is 3.73. The number of carbonyl (C=O) groups is 2. The van der Waals surface area contributed by atoms with Crippen LogP contribution in [0.2, 0.25) is 15.1 Å². The second kappa shape index (κ2) is 12.0. The van der Waals surface area contributed by atoms with Crippen LogP contribution in [0.5, 0.6) is 5.75 Å². The van der Waals surface area contributed by atoms with Crippen LogP contribution in [0.3, 0.4) is 0 Å². The maximum Gasteiger partial charge on any atom is 0.261 e. The molecule has 1 saturated carbocycles. The SMILES string of the molecule is CC[C@H](C(=O)NC1CCCC1)N(Cc1ccc(Cl)cc1Cl)C(=O)COc1ccc(Cl)c(C)c1. The molecular formula is C25H29Cl3N2O3. The van der Waals surface area contributed by atoms with E-state index >= 15 is 0 Å². The molecule has 5 nitrogen and oxygen atoms in total. The quantitative estimate of drug-likeness (QED) is 0.436. The number of hydrogen-bond acceptors (Lipinski definition) is 3. The highest BCUT2D eigenvalue weighted by Crippen LogP contribution is 2.25. The van der Waals surface area contributed by atoms with Crippen LogP contribution in [0.1, 0.15) is 50.2 Å². The van der Waals surface area contributed by atoms with Gasteiger partial charge < -0.3 is 15.0 Å². The first kappa shape index (κ1) is 25.7. The Balaban J connectivity index is 1.79. The average molecular weight is 512 g/mol. The van der Waals surface area contributed by atoms with Gasteiger partial charge in [0.15, 0.2) is 6.61 Å². The van der Waals surface area contributed by atoms with E-state index in [0.29, 0.717) is 32.8 Å². The summed E-state index contributed by atoms with van der Waals surface area (Å²) in [7, 11) is 0. The number of aryl methyl sites for hydroxylation is 1. The van der Waals surface area contributed by atoms with Crippen molar-refractivity contribution in [2.75, 3.05) is 6.61 Å². The monoisotopic (exact) mass is 510 g/mol. The Bertz CT molecular complexity index is 993. The lowest BCUT2D eigenvalue weighted by molar-refractivity contribution is -0.143. The van der Waals surface area contributed by atoms with Gasteiger partial charge in [0.1, 0.15) is 11.8 Å².